The maximum Gasteiger partial charge on any atom is 0.271 e. The Hall–Kier alpha value is -4.04. The molecule has 0 aliphatic carbocycles. The highest BCUT2D eigenvalue weighted by Crippen LogP contribution is 2.38. The highest BCUT2D eigenvalue weighted by Gasteiger charge is 2.35. The average Bonchev–Trinajstić information content (AvgIpc) is 3.24. The molecule has 0 spiro atoms. The van der Waals surface area contributed by atoms with Crippen molar-refractivity contribution in [2.45, 2.75) is 0 Å². The molecule has 9 heteroatoms. The molecule has 1 N–H and O–H groups in total. The first kappa shape index (κ1) is 26.6. The van der Waals surface area contributed by atoms with Gasteiger partial charge in [-0.3, -0.25) is 14.5 Å². The van der Waals surface area contributed by atoms with Gasteiger partial charge in [0.1, 0.15) is 5.75 Å². The summed E-state index contributed by atoms with van der Waals surface area (Å²) >= 11 is 13.4. The first-order valence-corrected chi connectivity index (χ1v) is 13.4. The minimum absolute atomic E-state index is 0.229. The summed E-state index contributed by atoms with van der Waals surface area (Å²) in [6, 6.07) is 30.6. The summed E-state index contributed by atoms with van der Waals surface area (Å²) in [5, 5.41) is 4.32. The SMILES string of the molecule is O=C(COc1ccc(Cl)cc1/C=C1\SC(=Nc2ccccc2)N(c2ccccc2)C1=O)Nc1ccc(Cl)cc1. The Morgan fingerprint density at radius 3 is 2.28 bits per heavy atom. The number of halogens is 2. The number of amidine groups is 1. The summed E-state index contributed by atoms with van der Waals surface area (Å²) in [5.41, 5.74) is 2.60. The second-order valence-corrected chi connectivity index (χ2v) is 10.2. The number of hydrogen-bond acceptors (Lipinski definition) is 5. The standard InChI is InChI=1S/C30H21Cl2N3O3S/c31-21-11-14-24(15-12-21)33-28(36)19-38-26-16-13-22(32)17-20(26)18-27-29(37)35(25-9-5-2-6-10-25)30(39-27)34-23-7-3-1-4-8-23/h1-18H,19H2,(H,33,36)/b27-18-,34-30?. The number of hydrogen-bond donors (Lipinski definition) is 1. The fourth-order valence-corrected chi connectivity index (χ4v) is 5.04. The lowest BCUT2D eigenvalue weighted by Crippen LogP contribution is -2.28. The van der Waals surface area contributed by atoms with Gasteiger partial charge >= 0.3 is 0 Å². The van der Waals surface area contributed by atoms with Crippen LogP contribution in [0.4, 0.5) is 17.1 Å². The van der Waals surface area contributed by atoms with E-state index < -0.39 is 0 Å². The van der Waals surface area contributed by atoms with E-state index in [2.05, 4.69) is 5.32 Å². The molecule has 39 heavy (non-hydrogen) atoms. The first-order chi connectivity index (χ1) is 19.0. The van der Waals surface area contributed by atoms with E-state index in [9.17, 15) is 9.59 Å². The van der Waals surface area contributed by atoms with Gasteiger partial charge in [-0.2, -0.15) is 0 Å². The molecular formula is C30H21Cl2N3O3S. The quantitative estimate of drug-likeness (QED) is 0.229. The van der Waals surface area contributed by atoms with Crippen LogP contribution in [0, 0.1) is 0 Å². The third kappa shape index (κ3) is 6.70. The third-order valence-electron chi connectivity index (χ3n) is 5.55. The monoisotopic (exact) mass is 573 g/mol. The molecule has 0 unspecified atom stereocenters. The maximum absolute atomic E-state index is 13.6. The van der Waals surface area contributed by atoms with Crippen molar-refractivity contribution in [1.29, 1.82) is 0 Å². The van der Waals surface area contributed by atoms with Crippen molar-refractivity contribution >= 4 is 75.1 Å². The molecule has 194 valence electrons. The van der Waals surface area contributed by atoms with Crippen molar-refractivity contribution < 1.29 is 14.3 Å². The van der Waals surface area contributed by atoms with E-state index in [0.717, 1.165) is 5.69 Å². The van der Waals surface area contributed by atoms with Gasteiger partial charge < -0.3 is 10.1 Å². The number of benzene rings is 4. The van der Waals surface area contributed by atoms with Gasteiger partial charge in [0.05, 0.1) is 16.3 Å². The van der Waals surface area contributed by atoms with Gasteiger partial charge in [0.2, 0.25) is 0 Å². The molecule has 0 aromatic heterocycles. The molecule has 0 saturated carbocycles. The van der Waals surface area contributed by atoms with E-state index in [1.807, 2.05) is 60.7 Å². The second kappa shape index (κ2) is 12.2. The van der Waals surface area contributed by atoms with E-state index >= 15 is 0 Å². The van der Waals surface area contributed by atoms with Gasteiger partial charge in [-0.25, -0.2) is 4.99 Å². The third-order valence-corrected chi connectivity index (χ3v) is 7.00. The van der Waals surface area contributed by atoms with Crippen LogP contribution >= 0.6 is 35.0 Å². The lowest BCUT2D eigenvalue weighted by Gasteiger charge is -2.15. The number of thioether (sulfide) groups is 1. The van der Waals surface area contributed by atoms with Gasteiger partial charge in [0.15, 0.2) is 11.8 Å². The molecule has 6 nitrogen and oxygen atoms in total. The highest BCUT2D eigenvalue weighted by atomic mass is 35.5. The van der Waals surface area contributed by atoms with Crippen LogP contribution in [0.25, 0.3) is 6.08 Å². The molecule has 1 aliphatic rings. The van der Waals surface area contributed by atoms with Gasteiger partial charge in [-0.15, -0.1) is 0 Å². The lowest BCUT2D eigenvalue weighted by molar-refractivity contribution is -0.118. The van der Waals surface area contributed by atoms with Crippen LogP contribution in [0.1, 0.15) is 5.56 Å². The Balaban J connectivity index is 1.41. The Bertz CT molecular complexity index is 1560. The maximum atomic E-state index is 13.6. The zero-order valence-corrected chi connectivity index (χ0v) is 22.7. The molecular weight excluding hydrogens is 553 g/mol. The lowest BCUT2D eigenvalue weighted by atomic mass is 10.1. The van der Waals surface area contributed by atoms with Gasteiger partial charge in [-0.1, -0.05) is 59.6 Å². The smallest absolute Gasteiger partial charge is 0.271 e. The van der Waals surface area contributed by atoms with E-state index in [1.54, 1.807) is 53.4 Å². The second-order valence-electron chi connectivity index (χ2n) is 8.34. The minimum atomic E-state index is -0.343. The molecule has 1 heterocycles. The van der Waals surface area contributed by atoms with Crippen LogP contribution in [0.15, 0.2) is 113 Å². The van der Waals surface area contributed by atoms with Crippen LogP contribution < -0.4 is 15.0 Å². The summed E-state index contributed by atoms with van der Waals surface area (Å²) in [6.45, 7) is -0.238. The molecule has 1 saturated heterocycles. The number of rotatable bonds is 7. The van der Waals surface area contributed by atoms with Crippen molar-refractivity contribution in [3.63, 3.8) is 0 Å². The van der Waals surface area contributed by atoms with E-state index in [-0.39, 0.29) is 18.4 Å². The molecule has 5 rings (SSSR count). The van der Waals surface area contributed by atoms with Crippen LogP contribution in [0.2, 0.25) is 10.0 Å². The number of para-hydroxylation sites is 2. The average molecular weight is 574 g/mol. The van der Waals surface area contributed by atoms with Crippen LogP contribution in [0.3, 0.4) is 0 Å². The van der Waals surface area contributed by atoms with Gasteiger partial charge in [0, 0.05) is 21.3 Å². The fourth-order valence-electron chi connectivity index (χ4n) is 3.74. The summed E-state index contributed by atoms with van der Waals surface area (Å²) in [5.74, 6) is -0.164. The van der Waals surface area contributed by atoms with Crippen LogP contribution in [-0.2, 0) is 9.59 Å². The topological polar surface area (TPSA) is 71.0 Å². The molecule has 1 fully saturated rings. The molecule has 4 aromatic rings. The minimum Gasteiger partial charge on any atom is -0.483 e. The number of carbonyl (C=O) groups excluding carboxylic acids is 2. The molecule has 4 aromatic carbocycles. The van der Waals surface area contributed by atoms with E-state index in [4.69, 9.17) is 32.9 Å². The van der Waals surface area contributed by atoms with Gasteiger partial charge in [0.25, 0.3) is 11.8 Å². The summed E-state index contributed by atoms with van der Waals surface area (Å²) in [7, 11) is 0. The number of nitrogens with one attached hydrogen (secondary N) is 1. The number of amides is 2. The number of aliphatic imine (C=N–C) groups is 1. The van der Waals surface area contributed by atoms with Crippen LogP contribution in [0.5, 0.6) is 5.75 Å². The van der Waals surface area contributed by atoms with E-state index in [1.165, 1.54) is 11.8 Å². The number of nitrogens with zero attached hydrogens (tertiary/aromatic N) is 2. The Morgan fingerprint density at radius 1 is 0.897 bits per heavy atom. The predicted molar refractivity (Wildman–Crippen MR) is 160 cm³/mol. The van der Waals surface area contributed by atoms with E-state index in [0.29, 0.717) is 42.8 Å². The summed E-state index contributed by atoms with van der Waals surface area (Å²) < 4.78 is 5.82. The molecule has 1 aliphatic heterocycles. The zero-order chi connectivity index (χ0) is 27.2. The number of anilines is 2. The summed E-state index contributed by atoms with van der Waals surface area (Å²) in [6.07, 6.45) is 1.70. The zero-order valence-electron chi connectivity index (χ0n) is 20.4. The Morgan fingerprint density at radius 2 is 1.56 bits per heavy atom. The van der Waals surface area contributed by atoms with Crippen molar-refractivity contribution in [2.24, 2.45) is 4.99 Å². The predicted octanol–water partition coefficient (Wildman–Crippen LogP) is 7.82. The Kier molecular flexibility index (Phi) is 8.32. The number of carbonyl (C=O) groups is 2. The molecule has 0 atom stereocenters. The first-order valence-electron chi connectivity index (χ1n) is 11.9. The van der Waals surface area contributed by atoms with Crippen molar-refractivity contribution in [2.75, 3.05) is 16.8 Å². The summed E-state index contributed by atoms with van der Waals surface area (Å²) in [4.78, 5) is 32.8. The largest absolute Gasteiger partial charge is 0.483 e. The van der Waals surface area contributed by atoms with Crippen molar-refractivity contribution in [1.82, 2.24) is 0 Å². The van der Waals surface area contributed by atoms with Crippen molar-refractivity contribution in [3.05, 3.63) is 124 Å². The van der Waals surface area contributed by atoms with Crippen molar-refractivity contribution in [3.8, 4) is 5.75 Å². The molecule has 0 radical (unpaired) electrons. The Labute approximate surface area is 239 Å². The normalized spacial score (nSPS) is 15.1. The number of ether oxygens (including phenoxy) is 1. The van der Waals surface area contributed by atoms with Gasteiger partial charge in [-0.05, 0) is 84.6 Å². The molecule has 0 bridgehead atoms. The highest BCUT2D eigenvalue weighted by molar-refractivity contribution is 8.19. The fraction of sp³-hybridized carbons (Fsp3) is 0.0333. The molecule has 2 amide bonds. The van der Waals surface area contributed by atoms with Crippen LogP contribution in [-0.4, -0.2) is 23.6 Å².